The molecule has 3 nitrogen and oxygen atoms in total. The summed E-state index contributed by atoms with van der Waals surface area (Å²) in [5.41, 5.74) is -0.199. The molecule has 0 fully saturated rings. The summed E-state index contributed by atoms with van der Waals surface area (Å²) >= 11 is 0. The molecule has 1 aromatic heterocycles. The first kappa shape index (κ1) is 8.58. The Kier molecular flexibility index (Phi) is 2.32. The van der Waals surface area contributed by atoms with Crippen LogP contribution in [0.5, 0.6) is 0 Å². The molecule has 0 amide bonds. The minimum Gasteiger partial charge on any atom is -0.481 e. The van der Waals surface area contributed by atoms with Crippen LogP contribution in [0.1, 0.15) is 5.56 Å². The van der Waals surface area contributed by atoms with Gasteiger partial charge in [-0.25, -0.2) is 9.37 Å². The van der Waals surface area contributed by atoms with E-state index in [4.69, 9.17) is 5.11 Å². The van der Waals surface area contributed by atoms with E-state index in [2.05, 4.69) is 4.98 Å². The van der Waals surface area contributed by atoms with Gasteiger partial charge in [0.2, 0.25) is 5.95 Å². The van der Waals surface area contributed by atoms with Crippen molar-refractivity contribution in [1.29, 1.82) is 0 Å². The molecule has 12 heavy (non-hydrogen) atoms. The van der Waals surface area contributed by atoms with Crippen LogP contribution < -0.4 is 0 Å². The van der Waals surface area contributed by atoms with Gasteiger partial charge >= 0.3 is 5.97 Å². The van der Waals surface area contributed by atoms with Crippen molar-refractivity contribution in [1.82, 2.24) is 4.98 Å². The van der Waals surface area contributed by atoms with Gasteiger partial charge in [0.25, 0.3) is 0 Å². The molecule has 0 spiro atoms. The third-order valence-corrected chi connectivity index (χ3v) is 1.27. The number of halogens is 2. The number of hydrogen-bond acceptors (Lipinski definition) is 2. The number of nitrogens with zero attached hydrogens (tertiary/aromatic N) is 1. The number of pyridine rings is 1. The van der Waals surface area contributed by atoms with Gasteiger partial charge in [-0.15, -0.1) is 0 Å². The lowest BCUT2D eigenvalue weighted by molar-refractivity contribution is -0.136. The van der Waals surface area contributed by atoms with E-state index in [0.29, 0.717) is 0 Å². The van der Waals surface area contributed by atoms with Gasteiger partial charge in [0, 0.05) is 11.8 Å². The largest absolute Gasteiger partial charge is 0.481 e. The molecule has 5 heteroatoms. The maximum absolute atomic E-state index is 12.7. The van der Waals surface area contributed by atoms with Crippen LogP contribution in [-0.4, -0.2) is 16.1 Å². The fourth-order valence-corrected chi connectivity index (χ4v) is 0.754. The highest BCUT2D eigenvalue weighted by Crippen LogP contribution is 2.08. The number of carboxylic acids is 1. The predicted molar refractivity (Wildman–Crippen MR) is 35.5 cm³/mol. The summed E-state index contributed by atoms with van der Waals surface area (Å²) in [6.07, 6.45) is 0.488. The highest BCUT2D eigenvalue weighted by Gasteiger charge is 2.11. The second-order valence-electron chi connectivity index (χ2n) is 2.15. The van der Waals surface area contributed by atoms with E-state index in [9.17, 15) is 13.6 Å². The Hall–Kier alpha value is -1.52. The second kappa shape index (κ2) is 3.25. The van der Waals surface area contributed by atoms with Crippen LogP contribution in [0.15, 0.2) is 12.3 Å². The molecule has 0 saturated heterocycles. The number of rotatable bonds is 2. The lowest BCUT2D eigenvalue weighted by Crippen LogP contribution is -2.04. The van der Waals surface area contributed by atoms with Crippen molar-refractivity contribution in [3.8, 4) is 0 Å². The molecule has 0 atom stereocenters. The molecule has 0 saturated carbocycles. The lowest BCUT2D eigenvalue weighted by atomic mass is 10.2. The summed E-state index contributed by atoms with van der Waals surface area (Å²) in [6, 6.07) is 1.13. The Labute approximate surface area is 66.7 Å². The number of carboxylic acid groups (broad SMARTS) is 1. The zero-order chi connectivity index (χ0) is 9.14. The SMILES string of the molecule is O=C(O)Cc1ccnc(F)c1F. The van der Waals surface area contributed by atoms with Crippen LogP contribution in [0.2, 0.25) is 0 Å². The Morgan fingerprint density at radius 1 is 1.58 bits per heavy atom. The first-order valence-electron chi connectivity index (χ1n) is 3.12. The number of carbonyl (C=O) groups is 1. The number of hydrogen-bond donors (Lipinski definition) is 1. The molecule has 0 bridgehead atoms. The van der Waals surface area contributed by atoms with Crippen LogP contribution in [0, 0.1) is 11.8 Å². The maximum atomic E-state index is 12.7. The molecule has 1 heterocycles. The maximum Gasteiger partial charge on any atom is 0.307 e. The van der Waals surface area contributed by atoms with Gasteiger partial charge < -0.3 is 5.11 Å². The quantitative estimate of drug-likeness (QED) is 0.678. The molecular weight excluding hydrogens is 168 g/mol. The predicted octanol–water partition coefficient (Wildman–Crippen LogP) is 0.987. The van der Waals surface area contributed by atoms with E-state index >= 15 is 0 Å². The van der Waals surface area contributed by atoms with Crippen LogP contribution in [0.4, 0.5) is 8.78 Å². The molecule has 0 aliphatic heterocycles. The Morgan fingerprint density at radius 2 is 2.25 bits per heavy atom. The van der Waals surface area contributed by atoms with Crippen LogP contribution in [0.3, 0.4) is 0 Å². The molecule has 0 unspecified atom stereocenters. The molecule has 64 valence electrons. The summed E-state index contributed by atoms with van der Waals surface area (Å²) in [4.78, 5) is 13.1. The highest BCUT2D eigenvalue weighted by atomic mass is 19.2. The molecule has 1 N–H and O–H groups in total. The van der Waals surface area contributed by atoms with Crippen molar-refractivity contribution in [2.45, 2.75) is 6.42 Å². The van der Waals surface area contributed by atoms with Gasteiger partial charge in [0.15, 0.2) is 5.82 Å². The standard InChI is InChI=1S/C7H5F2NO2/c8-6-4(3-5(11)12)1-2-10-7(6)9/h1-2H,3H2,(H,11,12). The topological polar surface area (TPSA) is 50.2 Å². The first-order valence-corrected chi connectivity index (χ1v) is 3.12. The molecule has 0 radical (unpaired) electrons. The van der Waals surface area contributed by atoms with E-state index in [0.717, 1.165) is 12.3 Å². The van der Waals surface area contributed by atoms with Crippen molar-refractivity contribution in [3.63, 3.8) is 0 Å². The summed E-state index contributed by atoms with van der Waals surface area (Å²) in [5, 5.41) is 8.27. The van der Waals surface area contributed by atoms with Crippen LogP contribution >= 0.6 is 0 Å². The highest BCUT2D eigenvalue weighted by molar-refractivity contribution is 5.70. The third kappa shape index (κ3) is 1.75. The molecular formula is C7H5F2NO2. The zero-order valence-corrected chi connectivity index (χ0v) is 5.92. The molecule has 1 aromatic rings. The molecule has 1 rings (SSSR count). The van der Waals surface area contributed by atoms with Crippen LogP contribution in [-0.2, 0) is 11.2 Å². The van der Waals surface area contributed by atoms with E-state index < -0.39 is 24.2 Å². The Bertz CT molecular complexity index is 314. The number of aromatic nitrogens is 1. The number of aliphatic carboxylic acids is 1. The zero-order valence-electron chi connectivity index (χ0n) is 5.92. The van der Waals surface area contributed by atoms with E-state index in [1.54, 1.807) is 0 Å². The summed E-state index contributed by atoms with van der Waals surface area (Å²) in [6.45, 7) is 0. The Morgan fingerprint density at radius 3 is 2.83 bits per heavy atom. The smallest absolute Gasteiger partial charge is 0.307 e. The minimum absolute atomic E-state index is 0.199. The minimum atomic E-state index is -1.27. The molecule has 0 aliphatic rings. The van der Waals surface area contributed by atoms with Gasteiger partial charge in [0.1, 0.15) is 0 Å². The van der Waals surface area contributed by atoms with Crippen molar-refractivity contribution >= 4 is 5.97 Å². The fraction of sp³-hybridized carbons (Fsp3) is 0.143. The third-order valence-electron chi connectivity index (χ3n) is 1.27. The van der Waals surface area contributed by atoms with Crippen LogP contribution in [0.25, 0.3) is 0 Å². The molecule has 0 aliphatic carbocycles. The average molecular weight is 173 g/mol. The van der Waals surface area contributed by atoms with Gasteiger partial charge in [-0.3, -0.25) is 4.79 Å². The Balaban J connectivity index is 3.00. The van der Waals surface area contributed by atoms with Gasteiger partial charge in [-0.2, -0.15) is 4.39 Å². The van der Waals surface area contributed by atoms with E-state index in [-0.39, 0.29) is 5.56 Å². The van der Waals surface area contributed by atoms with E-state index in [1.165, 1.54) is 0 Å². The summed E-state index contributed by atoms with van der Waals surface area (Å²) in [5.74, 6) is -3.67. The first-order chi connectivity index (χ1) is 5.61. The van der Waals surface area contributed by atoms with Gasteiger partial charge in [0.05, 0.1) is 6.42 Å². The normalized spacial score (nSPS) is 9.83. The van der Waals surface area contributed by atoms with Crippen molar-refractivity contribution < 1.29 is 18.7 Å². The fourth-order valence-electron chi connectivity index (χ4n) is 0.754. The lowest BCUT2D eigenvalue weighted by Gasteiger charge is -1.98. The van der Waals surface area contributed by atoms with Crippen molar-refractivity contribution in [2.24, 2.45) is 0 Å². The second-order valence-corrected chi connectivity index (χ2v) is 2.15. The average Bonchev–Trinajstić information content (AvgIpc) is 1.98. The monoisotopic (exact) mass is 173 g/mol. The summed E-state index contributed by atoms with van der Waals surface area (Å²) in [7, 11) is 0. The van der Waals surface area contributed by atoms with E-state index in [1.807, 2.05) is 0 Å². The van der Waals surface area contributed by atoms with Gasteiger partial charge in [-0.05, 0) is 6.07 Å². The summed E-state index contributed by atoms with van der Waals surface area (Å²) < 4.78 is 25.0. The van der Waals surface area contributed by atoms with Crippen molar-refractivity contribution in [2.75, 3.05) is 0 Å². The molecule has 0 aromatic carbocycles. The van der Waals surface area contributed by atoms with Gasteiger partial charge in [-0.1, -0.05) is 0 Å². The van der Waals surface area contributed by atoms with Crippen molar-refractivity contribution in [3.05, 3.63) is 29.6 Å².